The molecule has 2 aromatic rings. The highest BCUT2D eigenvalue weighted by molar-refractivity contribution is 5.76. The maximum absolute atomic E-state index is 5.83. The Morgan fingerprint density at radius 2 is 2.05 bits per heavy atom. The van der Waals surface area contributed by atoms with Crippen LogP contribution in [-0.4, -0.2) is 57.6 Å². The van der Waals surface area contributed by atoms with Crippen LogP contribution in [0.5, 0.6) is 5.88 Å². The van der Waals surface area contributed by atoms with Crippen molar-refractivity contribution in [1.29, 1.82) is 0 Å². The average Bonchev–Trinajstić information content (AvgIpc) is 2.98. The zero-order valence-corrected chi connectivity index (χ0v) is 13.0. The predicted molar refractivity (Wildman–Crippen MR) is 83.7 cm³/mol. The summed E-state index contributed by atoms with van der Waals surface area (Å²) in [6, 6.07) is 0. The van der Waals surface area contributed by atoms with Gasteiger partial charge >= 0.3 is 0 Å². The van der Waals surface area contributed by atoms with E-state index in [0.29, 0.717) is 24.1 Å². The number of aromatic nitrogens is 4. The van der Waals surface area contributed by atoms with Gasteiger partial charge in [0.15, 0.2) is 5.65 Å². The van der Waals surface area contributed by atoms with E-state index < -0.39 is 0 Å². The van der Waals surface area contributed by atoms with Crippen LogP contribution in [0.2, 0.25) is 0 Å². The molecular weight excluding hydrogens is 268 g/mol. The summed E-state index contributed by atoms with van der Waals surface area (Å²) >= 11 is 0. The van der Waals surface area contributed by atoms with Crippen molar-refractivity contribution in [2.75, 3.05) is 38.1 Å². The maximum atomic E-state index is 5.83. The van der Waals surface area contributed by atoms with Gasteiger partial charge in [-0.25, -0.2) is 4.98 Å². The van der Waals surface area contributed by atoms with Crippen molar-refractivity contribution in [2.45, 2.75) is 27.2 Å². The standard InChI is InChI=1S/C14H24N6O/c1-4-7-15-14-18-12-11(16-10-17-12)13(19-14)21-9-8-20(5-2)6-3/h10H,4-9H2,1-3H3,(H2,15,16,17,18,19). The Morgan fingerprint density at radius 1 is 1.24 bits per heavy atom. The number of fused-ring (bicyclic) bond motifs is 1. The van der Waals surface area contributed by atoms with Crippen molar-refractivity contribution >= 4 is 17.1 Å². The van der Waals surface area contributed by atoms with E-state index in [1.54, 1.807) is 6.33 Å². The topological polar surface area (TPSA) is 79.0 Å². The van der Waals surface area contributed by atoms with E-state index >= 15 is 0 Å². The number of ether oxygens (including phenoxy) is 1. The van der Waals surface area contributed by atoms with E-state index in [1.807, 2.05) is 0 Å². The molecule has 2 N–H and O–H groups in total. The summed E-state index contributed by atoms with van der Waals surface area (Å²) in [6.45, 7) is 10.7. The van der Waals surface area contributed by atoms with Gasteiger partial charge in [-0.2, -0.15) is 9.97 Å². The molecule has 0 aromatic carbocycles. The molecule has 0 aliphatic rings. The molecule has 0 atom stereocenters. The summed E-state index contributed by atoms with van der Waals surface area (Å²) in [5.74, 6) is 1.12. The minimum Gasteiger partial charge on any atom is -0.475 e. The molecule has 0 fully saturated rings. The molecule has 0 saturated heterocycles. The highest BCUT2D eigenvalue weighted by Crippen LogP contribution is 2.20. The fraction of sp³-hybridized carbons (Fsp3) is 0.643. The smallest absolute Gasteiger partial charge is 0.245 e. The van der Waals surface area contributed by atoms with E-state index in [0.717, 1.165) is 38.1 Å². The summed E-state index contributed by atoms with van der Waals surface area (Å²) in [5.41, 5.74) is 1.37. The van der Waals surface area contributed by atoms with Crippen molar-refractivity contribution in [3.63, 3.8) is 0 Å². The van der Waals surface area contributed by atoms with Crippen LogP contribution in [0.4, 0.5) is 5.95 Å². The third-order valence-electron chi connectivity index (χ3n) is 3.33. The number of nitrogens with zero attached hydrogens (tertiary/aromatic N) is 4. The van der Waals surface area contributed by atoms with E-state index in [4.69, 9.17) is 4.74 Å². The van der Waals surface area contributed by atoms with Crippen LogP contribution < -0.4 is 10.1 Å². The Hall–Kier alpha value is -1.89. The van der Waals surface area contributed by atoms with Gasteiger partial charge in [0, 0.05) is 13.1 Å². The van der Waals surface area contributed by atoms with Crippen LogP contribution in [-0.2, 0) is 0 Å². The molecule has 21 heavy (non-hydrogen) atoms. The van der Waals surface area contributed by atoms with Crippen LogP contribution in [0, 0.1) is 0 Å². The molecule has 7 heteroatoms. The van der Waals surface area contributed by atoms with Gasteiger partial charge in [0.1, 0.15) is 12.1 Å². The highest BCUT2D eigenvalue weighted by atomic mass is 16.5. The monoisotopic (exact) mass is 292 g/mol. The number of aromatic amines is 1. The lowest BCUT2D eigenvalue weighted by Gasteiger charge is -2.17. The normalized spacial score (nSPS) is 11.2. The first kappa shape index (κ1) is 15.5. The first-order chi connectivity index (χ1) is 10.3. The number of anilines is 1. The van der Waals surface area contributed by atoms with Gasteiger partial charge in [0.25, 0.3) is 0 Å². The summed E-state index contributed by atoms with van der Waals surface area (Å²) in [4.78, 5) is 18.3. The van der Waals surface area contributed by atoms with E-state index in [9.17, 15) is 0 Å². The van der Waals surface area contributed by atoms with Crippen molar-refractivity contribution in [3.05, 3.63) is 6.33 Å². The molecule has 0 saturated carbocycles. The van der Waals surface area contributed by atoms with E-state index in [1.165, 1.54) is 0 Å². The Kier molecular flexibility index (Phi) is 5.74. The summed E-state index contributed by atoms with van der Waals surface area (Å²) in [5, 5.41) is 3.17. The van der Waals surface area contributed by atoms with Crippen molar-refractivity contribution in [2.24, 2.45) is 0 Å². The maximum Gasteiger partial charge on any atom is 0.245 e. The van der Waals surface area contributed by atoms with Crippen LogP contribution in [0.3, 0.4) is 0 Å². The number of hydrogen-bond acceptors (Lipinski definition) is 6. The lowest BCUT2D eigenvalue weighted by molar-refractivity contribution is 0.219. The predicted octanol–water partition coefficient (Wildman–Crippen LogP) is 1.90. The number of likely N-dealkylation sites (N-methyl/N-ethyl adjacent to an activating group) is 1. The molecule has 7 nitrogen and oxygen atoms in total. The molecule has 0 aliphatic heterocycles. The second-order valence-corrected chi connectivity index (χ2v) is 4.76. The van der Waals surface area contributed by atoms with Gasteiger partial charge in [-0.15, -0.1) is 0 Å². The van der Waals surface area contributed by atoms with Gasteiger partial charge in [-0.05, 0) is 19.5 Å². The van der Waals surface area contributed by atoms with Crippen LogP contribution in [0.15, 0.2) is 6.33 Å². The molecule has 116 valence electrons. The molecule has 0 aliphatic carbocycles. The fourth-order valence-corrected chi connectivity index (χ4v) is 2.04. The Balaban J connectivity index is 2.07. The van der Waals surface area contributed by atoms with Gasteiger partial charge in [-0.3, -0.25) is 0 Å². The number of H-pyrrole nitrogens is 1. The molecule has 0 bridgehead atoms. The lowest BCUT2D eigenvalue weighted by atomic mass is 10.4. The highest BCUT2D eigenvalue weighted by Gasteiger charge is 2.11. The zero-order chi connectivity index (χ0) is 15.1. The second-order valence-electron chi connectivity index (χ2n) is 4.76. The number of rotatable bonds is 9. The first-order valence-electron chi connectivity index (χ1n) is 7.58. The average molecular weight is 292 g/mol. The second kappa shape index (κ2) is 7.78. The summed E-state index contributed by atoms with van der Waals surface area (Å²) in [7, 11) is 0. The first-order valence-corrected chi connectivity index (χ1v) is 7.58. The molecule has 2 aromatic heterocycles. The quantitative estimate of drug-likeness (QED) is 0.735. The molecule has 0 unspecified atom stereocenters. The van der Waals surface area contributed by atoms with Crippen LogP contribution in [0.1, 0.15) is 27.2 Å². The molecule has 0 amide bonds. The van der Waals surface area contributed by atoms with Crippen LogP contribution in [0.25, 0.3) is 11.2 Å². The van der Waals surface area contributed by atoms with E-state index in [-0.39, 0.29) is 0 Å². The SMILES string of the molecule is CCCNc1nc(OCCN(CC)CC)c2[nH]cnc2n1. The van der Waals surface area contributed by atoms with Gasteiger partial charge in [0.05, 0.1) is 6.33 Å². The summed E-state index contributed by atoms with van der Waals surface area (Å²) in [6.07, 6.45) is 2.63. The third-order valence-corrected chi connectivity index (χ3v) is 3.33. The molecule has 0 spiro atoms. The fourth-order valence-electron chi connectivity index (χ4n) is 2.04. The van der Waals surface area contributed by atoms with Gasteiger partial charge < -0.3 is 19.9 Å². The Labute approximate surface area is 125 Å². The lowest BCUT2D eigenvalue weighted by Crippen LogP contribution is -2.28. The minimum absolute atomic E-state index is 0.559. The molecule has 0 radical (unpaired) electrons. The van der Waals surface area contributed by atoms with Crippen molar-refractivity contribution in [3.8, 4) is 5.88 Å². The number of nitrogens with one attached hydrogen (secondary N) is 2. The van der Waals surface area contributed by atoms with Crippen molar-refractivity contribution < 1.29 is 4.74 Å². The van der Waals surface area contributed by atoms with E-state index in [2.05, 4.69) is 50.9 Å². The van der Waals surface area contributed by atoms with Crippen LogP contribution >= 0.6 is 0 Å². The minimum atomic E-state index is 0.559. The van der Waals surface area contributed by atoms with Crippen molar-refractivity contribution in [1.82, 2.24) is 24.8 Å². The number of hydrogen-bond donors (Lipinski definition) is 2. The summed E-state index contributed by atoms with van der Waals surface area (Å²) < 4.78 is 5.83. The Bertz CT molecular complexity index is 551. The third kappa shape index (κ3) is 4.04. The van der Waals surface area contributed by atoms with Gasteiger partial charge in [0.2, 0.25) is 11.8 Å². The Morgan fingerprint density at radius 3 is 2.76 bits per heavy atom. The largest absolute Gasteiger partial charge is 0.475 e. The zero-order valence-electron chi connectivity index (χ0n) is 13.0. The molecule has 2 heterocycles. The number of imidazole rings is 1. The molecule has 2 rings (SSSR count). The molecular formula is C14H24N6O. The van der Waals surface area contributed by atoms with Gasteiger partial charge in [-0.1, -0.05) is 20.8 Å².